The minimum absolute atomic E-state index is 0.0332. The van der Waals surface area contributed by atoms with Gasteiger partial charge in [0.2, 0.25) is 0 Å². The number of carbonyl (C=O) groups excluding carboxylic acids is 3. The third kappa shape index (κ3) is 4.22. The summed E-state index contributed by atoms with van der Waals surface area (Å²) < 4.78 is 15.2. The Morgan fingerprint density at radius 1 is 1.11 bits per heavy atom. The summed E-state index contributed by atoms with van der Waals surface area (Å²) in [5.41, 5.74) is 1.07. The molecular formula is C20H20N2O6. The lowest BCUT2D eigenvalue weighted by Crippen LogP contribution is -2.40. The standard InChI is InChI=1S/C20H20N2O6/c1-26-15-8-14(9-16(10-15)27-2)19(24)21-17(13-6-4-3-5-7-13)11-22-18(23)12-28-20(22)25/h3-10,17H,11-12H2,1-2H3,(H,21,24). The topological polar surface area (TPSA) is 94.2 Å². The Bertz CT molecular complexity index is 845. The van der Waals surface area contributed by atoms with Gasteiger partial charge in [-0.3, -0.25) is 9.59 Å². The normalized spacial score (nSPS) is 14.4. The van der Waals surface area contributed by atoms with Gasteiger partial charge in [-0.25, -0.2) is 9.69 Å². The summed E-state index contributed by atoms with van der Waals surface area (Å²) in [5.74, 6) is 0.104. The van der Waals surface area contributed by atoms with Crippen LogP contribution in [0.25, 0.3) is 0 Å². The summed E-state index contributed by atoms with van der Waals surface area (Å²) in [4.78, 5) is 37.6. The number of hydrogen-bond acceptors (Lipinski definition) is 6. The summed E-state index contributed by atoms with van der Waals surface area (Å²) in [6, 6.07) is 13.3. The predicted octanol–water partition coefficient (Wildman–Crippen LogP) is 2.15. The Balaban J connectivity index is 1.86. The molecule has 0 bridgehead atoms. The van der Waals surface area contributed by atoms with Crippen LogP contribution in [0, 0.1) is 0 Å². The van der Waals surface area contributed by atoms with E-state index in [4.69, 9.17) is 14.2 Å². The molecule has 1 N–H and O–H groups in total. The fourth-order valence-electron chi connectivity index (χ4n) is 2.84. The van der Waals surface area contributed by atoms with Gasteiger partial charge in [0.1, 0.15) is 11.5 Å². The summed E-state index contributed by atoms with van der Waals surface area (Å²) in [5, 5.41) is 2.87. The Labute approximate surface area is 162 Å². The molecule has 1 unspecified atom stereocenters. The number of methoxy groups -OCH3 is 2. The Morgan fingerprint density at radius 3 is 2.29 bits per heavy atom. The highest BCUT2D eigenvalue weighted by Gasteiger charge is 2.33. The molecule has 0 spiro atoms. The molecule has 0 saturated carbocycles. The van der Waals surface area contributed by atoms with Crippen LogP contribution in [-0.2, 0) is 9.53 Å². The van der Waals surface area contributed by atoms with Crippen molar-refractivity contribution in [2.45, 2.75) is 6.04 Å². The van der Waals surface area contributed by atoms with Crippen molar-refractivity contribution in [3.63, 3.8) is 0 Å². The van der Waals surface area contributed by atoms with E-state index in [0.29, 0.717) is 17.1 Å². The first-order valence-electron chi connectivity index (χ1n) is 8.58. The van der Waals surface area contributed by atoms with E-state index in [2.05, 4.69) is 5.32 Å². The monoisotopic (exact) mass is 384 g/mol. The van der Waals surface area contributed by atoms with Gasteiger partial charge in [-0.05, 0) is 17.7 Å². The maximum absolute atomic E-state index is 12.9. The number of benzene rings is 2. The molecule has 3 amide bonds. The van der Waals surface area contributed by atoms with E-state index in [9.17, 15) is 14.4 Å². The number of hydrogen-bond donors (Lipinski definition) is 1. The molecule has 2 aromatic rings. The van der Waals surface area contributed by atoms with E-state index in [0.717, 1.165) is 10.5 Å². The smallest absolute Gasteiger partial charge is 0.417 e. The lowest BCUT2D eigenvalue weighted by molar-refractivity contribution is -0.126. The highest BCUT2D eigenvalue weighted by molar-refractivity contribution is 5.98. The molecule has 1 aliphatic rings. The molecule has 8 nitrogen and oxygen atoms in total. The maximum Gasteiger partial charge on any atom is 0.417 e. The van der Waals surface area contributed by atoms with Gasteiger partial charge in [0.05, 0.1) is 26.8 Å². The van der Waals surface area contributed by atoms with Gasteiger partial charge < -0.3 is 19.5 Å². The van der Waals surface area contributed by atoms with Crippen LogP contribution >= 0.6 is 0 Å². The molecule has 3 rings (SSSR count). The number of nitrogens with zero attached hydrogens (tertiary/aromatic N) is 1. The molecule has 0 aromatic heterocycles. The van der Waals surface area contributed by atoms with Crippen LogP contribution in [0.4, 0.5) is 4.79 Å². The van der Waals surface area contributed by atoms with Gasteiger partial charge in [-0.2, -0.15) is 0 Å². The van der Waals surface area contributed by atoms with Crippen LogP contribution in [0.2, 0.25) is 0 Å². The third-order valence-electron chi connectivity index (χ3n) is 4.33. The quantitative estimate of drug-likeness (QED) is 0.786. The molecular weight excluding hydrogens is 364 g/mol. The zero-order valence-corrected chi connectivity index (χ0v) is 15.5. The highest BCUT2D eigenvalue weighted by Crippen LogP contribution is 2.24. The molecule has 1 aliphatic heterocycles. The van der Waals surface area contributed by atoms with Gasteiger partial charge >= 0.3 is 6.09 Å². The van der Waals surface area contributed by atoms with Crippen LogP contribution < -0.4 is 14.8 Å². The molecule has 1 fully saturated rings. The van der Waals surface area contributed by atoms with E-state index in [1.165, 1.54) is 14.2 Å². The first-order valence-corrected chi connectivity index (χ1v) is 8.58. The van der Waals surface area contributed by atoms with Gasteiger partial charge in [-0.15, -0.1) is 0 Å². The number of ether oxygens (including phenoxy) is 3. The fraction of sp³-hybridized carbons (Fsp3) is 0.250. The number of nitrogens with one attached hydrogen (secondary N) is 1. The minimum Gasteiger partial charge on any atom is -0.497 e. The molecule has 1 saturated heterocycles. The second kappa shape index (κ2) is 8.43. The first-order chi connectivity index (χ1) is 13.5. The summed E-state index contributed by atoms with van der Waals surface area (Å²) in [6.45, 7) is -0.324. The van der Waals surface area contributed by atoms with E-state index in [1.807, 2.05) is 30.3 Å². The lowest BCUT2D eigenvalue weighted by atomic mass is 10.1. The number of rotatable bonds is 7. The Morgan fingerprint density at radius 2 is 1.75 bits per heavy atom. The highest BCUT2D eigenvalue weighted by atomic mass is 16.6. The molecule has 146 valence electrons. The van der Waals surface area contributed by atoms with Gasteiger partial charge in [-0.1, -0.05) is 30.3 Å². The van der Waals surface area contributed by atoms with Gasteiger partial charge in [0.25, 0.3) is 11.8 Å². The molecule has 0 radical (unpaired) electrons. The van der Waals surface area contributed by atoms with Crippen LogP contribution in [-0.4, -0.2) is 50.2 Å². The largest absolute Gasteiger partial charge is 0.497 e. The lowest BCUT2D eigenvalue weighted by Gasteiger charge is -2.23. The third-order valence-corrected chi connectivity index (χ3v) is 4.33. The predicted molar refractivity (Wildman–Crippen MR) is 99.3 cm³/mol. The average Bonchev–Trinajstić information content (AvgIpc) is 3.05. The number of amides is 3. The van der Waals surface area contributed by atoms with Crippen molar-refractivity contribution in [1.29, 1.82) is 0 Å². The van der Waals surface area contributed by atoms with E-state index in [1.54, 1.807) is 18.2 Å². The molecule has 28 heavy (non-hydrogen) atoms. The summed E-state index contributed by atoms with van der Waals surface area (Å²) in [7, 11) is 2.99. The Kier molecular flexibility index (Phi) is 5.78. The molecule has 0 aliphatic carbocycles. The van der Waals surface area contributed by atoms with Crippen LogP contribution in [0.3, 0.4) is 0 Å². The van der Waals surface area contributed by atoms with Gasteiger partial charge in [0.15, 0.2) is 6.61 Å². The van der Waals surface area contributed by atoms with E-state index >= 15 is 0 Å². The van der Waals surface area contributed by atoms with Crippen LogP contribution in [0.1, 0.15) is 22.0 Å². The van der Waals surface area contributed by atoms with E-state index < -0.39 is 23.9 Å². The number of cyclic esters (lactones) is 1. The maximum atomic E-state index is 12.9. The molecule has 8 heteroatoms. The number of imide groups is 1. The first kappa shape index (κ1) is 19.2. The van der Waals surface area contributed by atoms with Crippen molar-refractivity contribution in [1.82, 2.24) is 10.2 Å². The van der Waals surface area contributed by atoms with Crippen molar-refractivity contribution < 1.29 is 28.6 Å². The van der Waals surface area contributed by atoms with Crippen LogP contribution in [0.5, 0.6) is 11.5 Å². The zero-order chi connectivity index (χ0) is 20.1. The summed E-state index contributed by atoms with van der Waals surface area (Å²) >= 11 is 0. The zero-order valence-electron chi connectivity index (χ0n) is 15.5. The van der Waals surface area contributed by atoms with Crippen molar-refractivity contribution >= 4 is 17.9 Å². The van der Waals surface area contributed by atoms with Gasteiger partial charge in [0, 0.05) is 11.6 Å². The average molecular weight is 384 g/mol. The Hall–Kier alpha value is -3.55. The van der Waals surface area contributed by atoms with Crippen molar-refractivity contribution in [3.8, 4) is 11.5 Å². The molecule has 2 aromatic carbocycles. The minimum atomic E-state index is -0.719. The van der Waals surface area contributed by atoms with Crippen molar-refractivity contribution in [2.24, 2.45) is 0 Å². The fourth-order valence-corrected chi connectivity index (χ4v) is 2.84. The second-order valence-electron chi connectivity index (χ2n) is 6.10. The second-order valence-corrected chi connectivity index (χ2v) is 6.10. The molecule has 1 atom stereocenters. The number of carbonyl (C=O) groups is 3. The van der Waals surface area contributed by atoms with E-state index in [-0.39, 0.29) is 13.2 Å². The van der Waals surface area contributed by atoms with Crippen molar-refractivity contribution in [2.75, 3.05) is 27.4 Å². The van der Waals surface area contributed by atoms with Crippen molar-refractivity contribution in [3.05, 3.63) is 59.7 Å². The van der Waals surface area contributed by atoms with Crippen LogP contribution in [0.15, 0.2) is 48.5 Å². The summed E-state index contributed by atoms with van der Waals surface area (Å²) in [6.07, 6.45) is -0.719. The SMILES string of the molecule is COc1cc(OC)cc(C(=O)NC(CN2C(=O)COC2=O)c2ccccc2)c1. The molecule has 1 heterocycles.